The Bertz CT molecular complexity index is 368. The Labute approximate surface area is 91.9 Å². The molecule has 0 aliphatic heterocycles. The topological polar surface area (TPSA) is 29.9 Å². The summed E-state index contributed by atoms with van der Waals surface area (Å²) in [6.07, 6.45) is 0.837. The maximum atomic E-state index is 4.35. The molecule has 3 nitrogen and oxygen atoms in total. The number of rotatable bonds is 4. The van der Waals surface area contributed by atoms with Crippen molar-refractivity contribution in [3.63, 3.8) is 0 Å². The normalized spacial score (nSPS) is 12.0. The average molecular weight is 205 g/mol. The second-order valence-corrected chi connectivity index (χ2v) is 3.58. The highest BCUT2D eigenvalue weighted by molar-refractivity contribution is 5.15. The van der Waals surface area contributed by atoms with Crippen LogP contribution in [0.3, 0.4) is 0 Å². The zero-order chi connectivity index (χ0) is 11.3. The first-order chi connectivity index (χ1) is 7.19. The summed E-state index contributed by atoms with van der Waals surface area (Å²) in [5.74, 6) is 6.05. The van der Waals surface area contributed by atoms with Crippen molar-refractivity contribution < 1.29 is 0 Å². The third kappa shape index (κ3) is 3.10. The summed E-state index contributed by atoms with van der Waals surface area (Å²) in [5.41, 5.74) is 2.26. The predicted octanol–water partition coefficient (Wildman–Crippen LogP) is 1.79. The molecule has 1 aromatic heterocycles. The van der Waals surface area contributed by atoms with Gasteiger partial charge in [-0.1, -0.05) is 6.92 Å². The van der Waals surface area contributed by atoms with Crippen LogP contribution in [0, 0.1) is 18.8 Å². The standard InChI is InChI=1S/C12H19N3/c1-5-7-8-11(13-6-2)12-9-10(3)14-15(12)4/h9,11,13H,6,8H2,1-4H3. The molecule has 0 aliphatic rings. The molecule has 0 fully saturated rings. The van der Waals surface area contributed by atoms with Crippen LogP contribution in [0.1, 0.15) is 37.7 Å². The summed E-state index contributed by atoms with van der Waals surface area (Å²) in [5, 5.41) is 7.78. The Morgan fingerprint density at radius 1 is 1.60 bits per heavy atom. The van der Waals surface area contributed by atoms with Crippen molar-refractivity contribution in [3.8, 4) is 11.8 Å². The Morgan fingerprint density at radius 2 is 2.33 bits per heavy atom. The van der Waals surface area contributed by atoms with Crippen LogP contribution in [-0.2, 0) is 7.05 Å². The number of hydrogen-bond donors (Lipinski definition) is 1. The molecule has 0 aromatic carbocycles. The highest BCUT2D eigenvalue weighted by atomic mass is 15.3. The van der Waals surface area contributed by atoms with Gasteiger partial charge in [0, 0.05) is 13.5 Å². The Morgan fingerprint density at radius 3 is 2.80 bits per heavy atom. The summed E-state index contributed by atoms with van der Waals surface area (Å²) in [6.45, 7) is 6.94. The average Bonchev–Trinajstić information content (AvgIpc) is 2.52. The van der Waals surface area contributed by atoms with Crippen LogP contribution in [0.15, 0.2) is 6.07 Å². The Balaban J connectivity index is 2.85. The first kappa shape index (κ1) is 11.8. The summed E-state index contributed by atoms with van der Waals surface area (Å²) in [6, 6.07) is 2.40. The van der Waals surface area contributed by atoms with E-state index in [1.807, 2.05) is 25.6 Å². The molecule has 15 heavy (non-hydrogen) atoms. The lowest BCUT2D eigenvalue weighted by atomic mass is 10.1. The number of nitrogens with one attached hydrogen (secondary N) is 1. The number of hydrogen-bond acceptors (Lipinski definition) is 2. The maximum Gasteiger partial charge on any atom is 0.0602 e. The Kier molecular flexibility index (Phi) is 4.38. The van der Waals surface area contributed by atoms with E-state index in [0.717, 1.165) is 18.7 Å². The number of aryl methyl sites for hydroxylation is 2. The van der Waals surface area contributed by atoms with Gasteiger partial charge in [-0.3, -0.25) is 4.68 Å². The van der Waals surface area contributed by atoms with Crippen LogP contribution in [0.5, 0.6) is 0 Å². The van der Waals surface area contributed by atoms with Gasteiger partial charge in [-0.15, -0.1) is 11.8 Å². The van der Waals surface area contributed by atoms with Crippen molar-refractivity contribution in [2.45, 2.75) is 33.2 Å². The van der Waals surface area contributed by atoms with Gasteiger partial charge in [0.1, 0.15) is 0 Å². The molecule has 1 unspecified atom stereocenters. The fourth-order valence-electron chi connectivity index (χ4n) is 1.69. The molecule has 0 bridgehead atoms. The van der Waals surface area contributed by atoms with Gasteiger partial charge < -0.3 is 5.32 Å². The molecule has 1 rings (SSSR count). The van der Waals surface area contributed by atoms with Crippen LogP contribution in [0.4, 0.5) is 0 Å². The molecular weight excluding hydrogens is 186 g/mol. The Hall–Kier alpha value is -1.27. The largest absolute Gasteiger partial charge is 0.308 e. The lowest BCUT2D eigenvalue weighted by molar-refractivity contribution is 0.519. The molecule has 1 N–H and O–H groups in total. The minimum absolute atomic E-state index is 0.286. The highest BCUT2D eigenvalue weighted by Crippen LogP contribution is 2.16. The molecule has 82 valence electrons. The van der Waals surface area contributed by atoms with Gasteiger partial charge >= 0.3 is 0 Å². The molecule has 1 heterocycles. The van der Waals surface area contributed by atoms with Crippen LogP contribution in [0.2, 0.25) is 0 Å². The zero-order valence-electron chi connectivity index (χ0n) is 9.96. The first-order valence-electron chi connectivity index (χ1n) is 5.32. The lowest BCUT2D eigenvalue weighted by Crippen LogP contribution is -2.22. The van der Waals surface area contributed by atoms with E-state index in [1.54, 1.807) is 0 Å². The highest BCUT2D eigenvalue weighted by Gasteiger charge is 2.13. The molecule has 1 atom stereocenters. The van der Waals surface area contributed by atoms with Crippen molar-refractivity contribution in [1.29, 1.82) is 0 Å². The van der Waals surface area contributed by atoms with Gasteiger partial charge in [-0.25, -0.2) is 0 Å². The SMILES string of the molecule is CC#CCC(NCC)c1cc(C)nn1C. The van der Waals surface area contributed by atoms with E-state index in [1.165, 1.54) is 5.69 Å². The van der Waals surface area contributed by atoms with E-state index in [-0.39, 0.29) is 6.04 Å². The quantitative estimate of drug-likeness (QED) is 0.759. The van der Waals surface area contributed by atoms with Crippen LogP contribution < -0.4 is 5.32 Å². The summed E-state index contributed by atoms with van der Waals surface area (Å²) < 4.78 is 1.93. The second kappa shape index (κ2) is 5.57. The smallest absolute Gasteiger partial charge is 0.0602 e. The number of aromatic nitrogens is 2. The van der Waals surface area contributed by atoms with E-state index in [2.05, 4.69) is 35.2 Å². The summed E-state index contributed by atoms with van der Waals surface area (Å²) in [4.78, 5) is 0. The first-order valence-corrected chi connectivity index (χ1v) is 5.32. The van der Waals surface area contributed by atoms with Crippen LogP contribution in [-0.4, -0.2) is 16.3 Å². The molecule has 0 spiro atoms. The van der Waals surface area contributed by atoms with Crippen molar-refractivity contribution >= 4 is 0 Å². The molecular formula is C12H19N3. The number of nitrogens with zero attached hydrogens (tertiary/aromatic N) is 2. The van der Waals surface area contributed by atoms with Gasteiger partial charge in [0.25, 0.3) is 0 Å². The van der Waals surface area contributed by atoms with Crippen molar-refractivity contribution in [2.24, 2.45) is 7.05 Å². The van der Waals surface area contributed by atoms with Gasteiger partial charge in [0.05, 0.1) is 17.4 Å². The minimum Gasteiger partial charge on any atom is -0.308 e. The van der Waals surface area contributed by atoms with Gasteiger partial charge in [0.2, 0.25) is 0 Å². The fourth-order valence-corrected chi connectivity index (χ4v) is 1.69. The van der Waals surface area contributed by atoms with Gasteiger partial charge in [-0.2, -0.15) is 5.10 Å². The monoisotopic (exact) mass is 205 g/mol. The molecule has 0 saturated carbocycles. The van der Waals surface area contributed by atoms with Gasteiger partial charge in [-0.05, 0) is 26.5 Å². The second-order valence-electron chi connectivity index (χ2n) is 3.58. The predicted molar refractivity (Wildman–Crippen MR) is 62.4 cm³/mol. The molecule has 0 aliphatic carbocycles. The third-order valence-electron chi connectivity index (χ3n) is 2.33. The lowest BCUT2D eigenvalue weighted by Gasteiger charge is -2.15. The van der Waals surface area contributed by atoms with E-state index in [4.69, 9.17) is 0 Å². The molecule has 3 heteroatoms. The zero-order valence-corrected chi connectivity index (χ0v) is 9.96. The molecule has 0 saturated heterocycles. The van der Waals surface area contributed by atoms with Crippen molar-refractivity contribution in [2.75, 3.05) is 6.54 Å². The van der Waals surface area contributed by atoms with Crippen LogP contribution >= 0.6 is 0 Å². The van der Waals surface area contributed by atoms with E-state index in [9.17, 15) is 0 Å². The van der Waals surface area contributed by atoms with Crippen molar-refractivity contribution in [3.05, 3.63) is 17.5 Å². The van der Waals surface area contributed by atoms with E-state index >= 15 is 0 Å². The van der Waals surface area contributed by atoms with Crippen molar-refractivity contribution in [1.82, 2.24) is 15.1 Å². The van der Waals surface area contributed by atoms with Crippen LogP contribution in [0.25, 0.3) is 0 Å². The van der Waals surface area contributed by atoms with Gasteiger partial charge in [0.15, 0.2) is 0 Å². The molecule has 1 aromatic rings. The summed E-state index contributed by atoms with van der Waals surface area (Å²) in [7, 11) is 1.98. The molecule has 0 radical (unpaired) electrons. The molecule has 0 amide bonds. The summed E-state index contributed by atoms with van der Waals surface area (Å²) >= 11 is 0. The van der Waals surface area contributed by atoms with E-state index in [0.29, 0.717) is 0 Å². The third-order valence-corrected chi connectivity index (χ3v) is 2.33. The maximum absolute atomic E-state index is 4.35. The minimum atomic E-state index is 0.286. The van der Waals surface area contributed by atoms with E-state index < -0.39 is 0 Å². The fraction of sp³-hybridized carbons (Fsp3) is 0.583.